The lowest BCUT2D eigenvalue weighted by Gasteiger charge is -2.23. The van der Waals surface area contributed by atoms with Gasteiger partial charge in [-0.3, -0.25) is 19.7 Å². The molecule has 0 aliphatic rings. The highest BCUT2D eigenvalue weighted by Gasteiger charge is 2.26. The van der Waals surface area contributed by atoms with Gasteiger partial charge >= 0.3 is 11.9 Å². The van der Waals surface area contributed by atoms with Crippen LogP contribution in [0.15, 0.2) is 60.7 Å². The molecule has 0 aliphatic heterocycles. The first-order valence-electron chi connectivity index (χ1n) is 9.41. The van der Waals surface area contributed by atoms with Gasteiger partial charge in [0.05, 0.1) is 19.6 Å². The summed E-state index contributed by atoms with van der Waals surface area (Å²) in [6.45, 7) is 0.120. The van der Waals surface area contributed by atoms with E-state index in [1.165, 1.54) is 7.11 Å². The third kappa shape index (κ3) is 7.75. The van der Waals surface area contributed by atoms with Gasteiger partial charge in [0.15, 0.2) is 0 Å². The molecule has 3 N–H and O–H groups in total. The van der Waals surface area contributed by atoms with E-state index in [0.29, 0.717) is 6.42 Å². The van der Waals surface area contributed by atoms with Crippen LogP contribution in [-0.2, 0) is 32.0 Å². The van der Waals surface area contributed by atoms with Gasteiger partial charge in [-0.2, -0.15) is 0 Å². The maximum atomic E-state index is 12.7. The zero-order valence-corrected chi connectivity index (χ0v) is 16.3. The number of carboxylic acid groups (broad SMARTS) is 1. The van der Waals surface area contributed by atoms with Crippen molar-refractivity contribution in [1.29, 1.82) is 0 Å². The summed E-state index contributed by atoms with van der Waals surface area (Å²) in [4.78, 5) is 35.8. The molecule has 1 amide bonds. The molecule has 2 aromatic carbocycles. The smallest absolute Gasteiger partial charge is 0.321 e. The molecule has 2 rings (SSSR count). The lowest BCUT2D eigenvalue weighted by molar-refractivity contribution is -0.140. The topological polar surface area (TPSA) is 105 Å². The lowest BCUT2D eigenvalue weighted by Crippen LogP contribution is -2.53. The van der Waals surface area contributed by atoms with Gasteiger partial charge in [-0.05, 0) is 24.0 Å². The molecule has 0 saturated heterocycles. The van der Waals surface area contributed by atoms with E-state index in [4.69, 9.17) is 0 Å². The normalized spacial score (nSPS) is 12.6. The third-order valence-corrected chi connectivity index (χ3v) is 4.44. The fourth-order valence-electron chi connectivity index (χ4n) is 2.90. The van der Waals surface area contributed by atoms with Gasteiger partial charge in [-0.25, -0.2) is 0 Å². The summed E-state index contributed by atoms with van der Waals surface area (Å²) in [5.41, 5.74) is 1.76. The average Bonchev–Trinajstić information content (AvgIpc) is 2.73. The molecule has 0 spiro atoms. The highest BCUT2D eigenvalue weighted by Crippen LogP contribution is 2.08. The minimum atomic E-state index is -1.03. The second-order valence-electron chi connectivity index (χ2n) is 6.61. The van der Waals surface area contributed by atoms with Crippen LogP contribution >= 0.6 is 0 Å². The molecule has 7 heteroatoms. The minimum absolute atomic E-state index is 0.0483. The van der Waals surface area contributed by atoms with Crippen LogP contribution in [0.3, 0.4) is 0 Å². The second-order valence-corrected chi connectivity index (χ2v) is 6.61. The summed E-state index contributed by atoms with van der Waals surface area (Å²) < 4.78 is 4.57. The van der Waals surface area contributed by atoms with Crippen molar-refractivity contribution in [2.45, 2.75) is 31.3 Å². The first-order valence-corrected chi connectivity index (χ1v) is 9.41. The van der Waals surface area contributed by atoms with E-state index in [1.54, 1.807) is 0 Å². The molecule has 0 aliphatic carbocycles. The van der Waals surface area contributed by atoms with Crippen molar-refractivity contribution in [3.05, 3.63) is 71.8 Å². The highest BCUT2D eigenvalue weighted by atomic mass is 16.5. The molecule has 29 heavy (non-hydrogen) atoms. The van der Waals surface area contributed by atoms with Crippen LogP contribution in [-0.4, -0.2) is 48.7 Å². The van der Waals surface area contributed by atoms with Crippen molar-refractivity contribution in [2.75, 3.05) is 13.7 Å². The number of rotatable bonds is 11. The lowest BCUT2D eigenvalue weighted by atomic mass is 10.0. The van der Waals surface area contributed by atoms with Crippen LogP contribution in [0.4, 0.5) is 0 Å². The number of hydrogen-bond acceptors (Lipinski definition) is 5. The third-order valence-electron chi connectivity index (χ3n) is 4.44. The summed E-state index contributed by atoms with van der Waals surface area (Å²) in [6.07, 6.45) is 0.618. The van der Waals surface area contributed by atoms with Crippen LogP contribution < -0.4 is 10.6 Å². The Morgan fingerprint density at radius 1 is 0.897 bits per heavy atom. The van der Waals surface area contributed by atoms with Gasteiger partial charge in [-0.1, -0.05) is 60.7 Å². The van der Waals surface area contributed by atoms with Gasteiger partial charge in [0.2, 0.25) is 5.91 Å². The number of esters is 1. The number of carboxylic acids is 1. The van der Waals surface area contributed by atoms with Crippen LogP contribution in [0.1, 0.15) is 17.5 Å². The monoisotopic (exact) mass is 398 g/mol. The number of amides is 1. The Kier molecular flexibility index (Phi) is 8.85. The molecular weight excluding hydrogens is 372 g/mol. The number of benzene rings is 2. The van der Waals surface area contributed by atoms with Crippen molar-refractivity contribution < 1.29 is 24.2 Å². The first-order chi connectivity index (χ1) is 14.0. The van der Waals surface area contributed by atoms with E-state index in [1.807, 2.05) is 60.7 Å². The summed E-state index contributed by atoms with van der Waals surface area (Å²) >= 11 is 0. The average molecular weight is 398 g/mol. The van der Waals surface area contributed by atoms with Gasteiger partial charge in [0.25, 0.3) is 0 Å². The maximum absolute atomic E-state index is 12.7. The molecular formula is C22H26N2O5. The van der Waals surface area contributed by atoms with Crippen LogP contribution in [0.25, 0.3) is 0 Å². The van der Waals surface area contributed by atoms with Crippen molar-refractivity contribution in [2.24, 2.45) is 0 Å². The predicted octanol–water partition coefficient (Wildman–Crippen LogP) is 1.56. The number of hydrogen-bond donors (Lipinski definition) is 3. The Bertz CT molecular complexity index is 795. The standard InChI is InChI=1S/C22H26N2O5/c1-29-20(25)12-13-23-21(26)18(14-16-8-4-2-5-9-16)24-19(22(27)28)15-17-10-6-3-7-11-17/h2-11,18-19,24H,12-15H2,1H3,(H,23,26)(H,27,28)/t18-,19?/m0/s1. The quantitative estimate of drug-likeness (QED) is 0.496. The summed E-state index contributed by atoms with van der Waals surface area (Å²) in [5.74, 6) is -1.82. The minimum Gasteiger partial charge on any atom is -0.480 e. The van der Waals surface area contributed by atoms with Crippen molar-refractivity contribution in [3.63, 3.8) is 0 Å². The van der Waals surface area contributed by atoms with Crippen LogP contribution in [0.5, 0.6) is 0 Å². The fourth-order valence-corrected chi connectivity index (χ4v) is 2.90. The molecule has 0 heterocycles. The molecule has 0 bridgehead atoms. The summed E-state index contributed by atoms with van der Waals surface area (Å²) in [6, 6.07) is 16.9. The van der Waals surface area contributed by atoms with Crippen LogP contribution in [0.2, 0.25) is 0 Å². The SMILES string of the molecule is COC(=O)CCNC(=O)[C@H](Cc1ccccc1)NC(Cc1ccccc1)C(=O)O. The Morgan fingerprint density at radius 3 is 1.90 bits per heavy atom. The van der Waals surface area contributed by atoms with E-state index in [9.17, 15) is 19.5 Å². The van der Waals surface area contributed by atoms with E-state index in [2.05, 4.69) is 15.4 Å². The second kappa shape index (κ2) is 11.6. The number of ether oxygens (including phenoxy) is 1. The largest absolute Gasteiger partial charge is 0.480 e. The van der Waals surface area contributed by atoms with Gasteiger partial charge in [0.1, 0.15) is 6.04 Å². The Morgan fingerprint density at radius 2 is 1.41 bits per heavy atom. The number of carbonyl (C=O) groups excluding carboxylic acids is 2. The van der Waals surface area contributed by atoms with Crippen molar-refractivity contribution >= 4 is 17.8 Å². The zero-order valence-electron chi connectivity index (χ0n) is 16.3. The van der Waals surface area contributed by atoms with Crippen molar-refractivity contribution in [3.8, 4) is 0 Å². The Balaban J connectivity index is 2.10. The highest BCUT2D eigenvalue weighted by molar-refractivity contribution is 5.84. The first kappa shape index (κ1) is 22.1. The van der Waals surface area contributed by atoms with E-state index < -0.39 is 24.0 Å². The Hall–Kier alpha value is -3.19. The predicted molar refractivity (Wildman–Crippen MR) is 108 cm³/mol. The van der Waals surface area contributed by atoms with E-state index in [0.717, 1.165) is 11.1 Å². The molecule has 154 valence electrons. The molecule has 0 fully saturated rings. The van der Waals surface area contributed by atoms with Gasteiger partial charge in [0, 0.05) is 6.54 Å². The molecule has 2 aromatic rings. The maximum Gasteiger partial charge on any atom is 0.321 e. The molecule has 0 saturated carbocycles. The summed E-state index contributed by atoms with van der Waals surface area (Å²) in [5, 5.41) is 15.3. The molecule has 0 aromatic heterocycles. The molecule has 0 radical (unpaired) electrons. The van der Waals surface area contributed by atoms with E-state index >= 15 is 0 Å². The number of carbonyl (C=O) groups is 3. The number of aliphatic carboxylic acids is 1. The van der Waals surface area contributed by atoms with Crippen LogP contribution in [0, 0.1) is 0 Å². The number of nitrogens with one attached hydrogen (secondary N) is 2. The summed E-state index contributed by atoms with van der Waals surface area (Å²) in [7, 11) is 1.28. The van der Waals surface area contributed by atoms with Crippen molar-refractivity contribution in [1.82, 2.24) is 10.6 Å². The molecule has 1 unspecified atom stereocenters. The fraction of sp³-hybridized carbons (Fsp3) is 0.318. The van der Waals surface area contributed by atoms with Gasteiger partial charge in [-0.15, -0.1) is 0 Å². The Labute approximate surface area is 170 Å². The zero-order chi connectivity index (χ0) is 21.1. The van der Waals surface area contributed by atoms with Gasteiger partial charge < -0.3 is 15.2 Å². The molecule has 7 nitrogen and oxygen atoms in total. The molecule has 2 atom stereocenters. The number of methoxy groups -OCH3 is 1. The van der Waals surface area contributed by atoms with E-state index in [-0.39, 0.29) is 25.3 Å².